The van der Waals surface area contributed by atoms with Crippen LogP contribution in [0.25, 0.3) is 12.2 Å². The van der Waals surface area contributed by atoms with Gasteiger partial charge in [-0.3, -0.25) is 20.2 Å². The van der Waals surface area contributed by atoms with E-state index in [0.717, 1.165) is 5.56 Å². The second-order valence-corrected chi connectivity index (χ2v) is 6.81. The lowest BCUT2D eigenvalue weighted by Crippen LogP contribution is -2.34. The molecule has 0 unspecified atom stereocenters. The van der Waals surface area contributed by atoms with E-state index < -0.39 is 34.3 Å². The monoisotopic (exact) mass is 424 g/mol. The molecule has 0 aliphatic carbocycles. The number of esters is 1. The third-order valence-electron chi connectivity index (χ3n) is 4.57. The summed E-state index contributed by atoms with van der Waals surface area (Å²) in [5.74, 6) is -1.69. The Morgan fingerprint density at radius 2 is 1.58 bits per heavy atom. The lowest BCUT2D eigenvalue weighted by atomic mass is 9.92. The van der Waals surface area contributed by atoms with Crippen molar-refractivity contribution in [3.8, 4) is 0 Å². The SMILES string of the molecule is CCOC(=O)/C(=C/c1ccccc1)C[C@@H]([C@H](/C=C/c1ccccc1)C[N+](=O)[O-])[N+](=O)[O-]. The van der Waals surface area contributed by atoms with Gasteiger partial charge in [-0.25, -0.2) is 4.79 Å². The van der Waals surface area contributed by atoms with Gasteiger partial charge in [-0.2, -0.15) is 0 Å². The number of hydrogen-bond donors (Lipinski definition) is 0. The summed E-state index contributed by atoms with van der Waals surface area (Å²) in [4.78, 5) is 34.4. The van der Waals surface area contributed by atoms with Crippen molar-refractivity contribution in [1.29, 1.82) is 0 Å². The summed E-state index contributed by atoms with van der Waals surface area (Å²) in [5.41, 5.74) is 1.54. The molecule has 2 rings (SSSR count). The highest BCUT2D eigenvalue weighted by molar-refractivity contribution is 5.93. The summed E-state index contributed by atoms with van der Waals surface area (Å²) in [6.07, 6.45) is 4.32. The average molecular weight is 424 g/mol. The number of ether oxygens (including phenoxy) is 1. The summed E-state index contributed by atoms with van der Waals surface area (Å²) in [6.45, 7) is 1.12. The molecule has 0 saturated carbocycles. The molecule has 0 bridgehead atoms. The molecule has 8 heteroatoms. The van der Waals surface area contributed by atoms with Gasteiger partial charge in [0.2, 0.25) is 12.6 Å². The van der Waals surface area contributed by atoms with Gasteiger partial charge >= 0.3 is 5.97 Å². The van der Waals surface area contributed by atoms with Crippen molar-refractivity contribution in [2.45, 2.75) is 19.4 Å². The lowest BCUT2D eigenvalue weighted by Gasteiger charge is -2.16. The molecule has 0 spiro atoms. The van der Waals surface area contributed by atoms with Gasteiger partial charge in [0.1, 0.15) is 5.92 Å². The quantitative estimate of drug-likeness (QED) is 0.230. The number of nitro groups is 2. The molecule has 0 radical (unpaired) electrons. The number of benzene rings is 2. The fourth-order valence-corrected chi connectivity index (χ4v) is 3.06. The van der Waals surface area contributed by atoms with Gasteiger partial charge in [-0.1, -0.05) is 72.8 Å². The van der Waals surface area contributed by atoms with Gasteiger partial charge < -0.3 is 4.74 Å². The van der Waals surface area contributed by atoms with Crippen LogP contribution >= 0.6 is 0 Å². The predicted octanol–water partition coefficient (Wildman–Crippen LogP) is 4.27. The molecule has 162 valence electrons. The molecule has 2 aromatic rings. The number of nitrogens with zero attached hydrogens (tertiary/aromatic N) is 2. The number of carbonyl (C=O) groups excluding carboxylic acids is 1. The van der Waals surface area contributed by atoms with Crippen LogP contribution in [-0.4, -0.2) is 35.0 Å². The van der Waals surface area contributed by atoms with Gasteiger partial charge in [-0.15, -0.1) is 0 Å². The van der Waals surface area contributed by atoms with Crippen molar-refractivity contribution in [2.24, 2.45) is 5.92 Å². The molecule has 0 aliphatic rings. The molecule has 0 saturated heterocycles. The van der Waals surface area contributed by atoms with Crippen molar-refractivity contribution < 1.29 is 19.4 Å². The van der Waals surface area contributed by atoms with Crippen LogP contribution in [0.1, 0.15) is 24.5 Å². The van der Waals surface area contributed by atoms with Gasteiger partial charge in [0.15, 0.2) is 0 Å². The highest BCUT2D eigenvalue weighted by Crippen LogP contribution is 2.22. The molecule has 31 heavy (non-hydrogen) atoms. The normalized spacial score (nSPS) is 13.5. The van der Waals surface area contributed by atoms with Crippen LogP contribution in [-0.2, 0) is 9.53 Å². The molecule has 0 N–H and O–H groups in total. The molecule has 8 nitrogen and oxygen atoms in total. The molecular formula is C23H24N2O6. The van der Waals surface area contributed by atoms with Crippen LogP contribution in [0.4, 0.5) is 0 Å². The zero-order chi connectivity index (χ0) is 22.6. The van der Waals surface area contributed by atoms with E-state index in [1.54, 1.807) is 61.5 Å². The first kappa shape index (κ1) is 23.5. The third kappa shape index (κ3) is 7.85. The second-order valence-electron chi connectivity index (χ2n) is 6.81. The zero-order valence-electron chi connectivity index (χ0n) is 17.1. The maximum absolute atomic E-state index is 12.5. The summed E-state index contributed by atoms with van der Waals surface area (Å²) < 4.78 is 5.07. The van der Waals surface area contributed by atoms with Crippen molar-refractivity contribution in [1.82, 2.24) is 0 Å². The molecular weight excluding hydrogens is 400 g/mol. The Balaban J connectivity index is 2.38. The molecule has 0 aromatic heterocycles. The minimum Gasteiger partial charge on any atom is -0.463 e. The highest BCUT2D eigenvalue weighted by atomic mass is 16.6. The van der Waals surface area contributed by atoms with E-state index in [2.05, 4.69) is 0 Å². The van der Waals surface area contributed by atoms with Crippen molar-refractivity contribution >= 4 is 18.1 Å². The largest absolute Gasteiger partial charge is 0.463 e. The van der Waals surface area contributed by atoms with Crippen LogP contribution < -0.4 is 0 Å². The van der Waals surface area contributed by atoms with Crippen molar-refractivity contribution in [3.63, 3.8) is 0 Å². The standard InChI is InChI=1S/C23H24N2O6/c1-2-31-23(26)21(15-19-11-7-4-8-12-19)16-22(25(29)30)20(17-24(27)28)14-13-18-9-5-3-6-10-18/h3-15,20,22H,2,16-17H2,1H3/b14-13+,21-15+/t20-,22+/m1/s1. The molecule has 0 fully saturated rings. The summed E-state index contributed by atoms with van der Waals surface area (Å²) in [6, 6.07) is 16.5. The van der Waals surface area contributed by atoms with E-state index in [1.807, 2.05) is 12.1 Å². The molecule has 2 aromatic carbocycles. The molecule has 0 heterocycles. The van der Waals surface area contributed by atoms with E-state index in [4.69, 9.17) is 4.74 Å². The van der Waals surface area contributed by atoms with Crippen molar-refractivity contribution in [2.75, 3.05) is 13.2 Å². The van der Waals surface area contributed by atoms with Gasteiger partial charge in [0, 0.05) is 21.8 Å². The van der Waals surface area contributed by atoms with Gasteiger partial charge in [0.25, 0.3) is 0 Å². The first-order valence-electron chi connectivity index (χ1n) is 9.82. The van der Waals surface area contributed by atoms with Crippen molar-refractivity contribution in [3.05, 3.63) is 104 Å². The Bertz CT molecular complexity index is 941. The maximum Gasteiger partial charge on any atom is 0.334 e. The topological polar surface area (TPSA) is 113 Å². The van der Waals surface area contributed by atoms with E-state index >= 15 is 0 Å². The summed E-state index contributed by atoms with van der Waals surface area (Å²) >= 11 is 0. The average Bonchev–Trinajstić information content (AvgIpc) is 2.75. The Labute approximate surface area is 180 Å². The van der Waals surface area contributed by atoms with Gasteiger partial charge in [-0.05, 0) is 24.1 Å². The first-order chi connectivity index (χ1) is 14.9. The van der Waals surface area contributed by atoms with Crippen LogP contribution in [0.2, 0.25) is 0 Å². The van der Waals surface area contributed by atoms with Gasteiger partial charge in [0.05, 0.1) is 6.61 Å². The Hall–Kier alpha value is -3.81. The summed E-state index contributed by atoms with van der Waals surface area (Å²) in [5, 5.41) is 23.1. The second kappa shape index (κ2) is 12.0. The van der Waals surface area contributed by atoms with E-state index in [0.29, 0.717) is 5.56 Å². The Morgan fingerprint density at radius 1 is 1.00 bits per heavy atom. The number of hydrogen-bond acceptors (Lipinski definition) is 6. The number of rotatable bonds is 11. The molecule has 0 amide bonds. The maximum atomic E-state index is 12.5. The Morgan fingerprint density at radius 3 is 2.10 bits per heavy atom. The molecule has 0 aliphatic heterocycles. The fourth-order valence-electron chi connectivity index (χ4n) is 3.06. The number of carbonyl (C=O) groups is 1. The molecule has 2 atom stereocenters. The minimum absolute atomic E-state index is 0.0937. The van der Waals surface area contributed by atoms with E-state index in [-0.39, 0.29) is 18.6 Å². The predicted molar refractivity (Wildman–Crippen MR) is 117 cm³/mol. The fraction of sp³-hybridized carbons (Fsp3) is 0.261. The van der Waals surface area contributed by atoms with Crippen LogP contribution in [0, 0.1) is 26.1 Å². The van der Waals surface area contributed by atoms with E-state index in [1.165, 1.54) is 12.2 Å². The zero-order valence-corrected chi connectivity index (χ0v) is 17.1. The van der Waals surface area contributed by atoms with Crippen LogP contribution in [0.3, 0.4) is 0 Å². The lowest BCUT2D eigenvalue weighted by molar-refractivity contribution is -0.550. The summed E-state index contributed by atoms with van der Waals surface area (Å²) in [7, 11) is 0. The highest BCUT2D eigenvalue weighted by Gasteiger charge is 2.36. The Kier molecular flexibility index (Phi) is 9.10. The first-order valence-corrected chi connectivity index (χ1v) is 9.82. The third-order valence-corrected chi connectivity index (χ3v) is 4.57. The smallest absolute Gasteiger partial charge is 0.334 e. The van der Waals surface area contributed by atoms with Crippen LogP contribution in [0.5, 0.6) is 0 Å². The van der Waals surface area contributed by atoms with E-state index in [9.17, 15) is 25.0 Å². The minimum atomic E-state index is -1.37. The van der Waals surface area contributed by atoms with Crippen LogP contribution in [0.15, 0.2) is 72.3 Å².